The van der Waals surface area contributed by atoms with E-state index >= 15 is 0 Å². The van der Waals surface area contributed by atoms with E-state index in [1.165, 1.54) is 0 Å². The minimum absolute atomic E-state index is 0.0639. The quantitative estimate of drug-likeness (QED) is 0.645. The van der Waals surface area contributed by atoms with Crippen molar-refractivity contribution in [1.82, 2.24) is 14.6 Å². The molecule has 1 fully saturated rings. The summed E-state index contributed by atoms with van der Waals surface area (Å²) in [6.07, 6.45) is 1.68. The highest BCUT2D eigenvalue weighted by Crippen LogP contribution is 2.24. The molecular formula is C24H33N3O4S. The fourth-order valence-corrected chi connectivity index (χ4v) is 5.47. The van der Waals surface area contributed by atoms with Crippen LogP contribution in [0.15, 0.2) is 48.5 Å². The topological polar surface area (TPSA) is 88.6 Å². The summed E-state index contributed by atoms with van der Waals surface area (Å²) in [5.74, 6) is 0.0639. The van der Waals surface area contributed by atoms with Crippen LogP contribution in [-0.2, 0) is 21.2 Å². The van der Waals surface area contributed by atoms with Crippen LogP contribution in [-0.4, -0.2) is 54.9 Å². The molecule has 0 spiro atoms. The van der Waals surface area contributed by atoms with Gasteiger partial charge in [-0.25, -0.2) is 17.9 Å². The summed E-state index contributed by atoms with van der Waals surface area (Å²) in [7, 11) is -3.43. The molecule has 2 atom stereocenters. The molecule has 1 aliphatic heterocycles. The zero-order valence-electron chi connectivity index (χ0n) is 19.0. The number of aromatic nitrogens is 1. The zero-order valence-corrected chi connectivity index (χ0v) is 19.8. The third-order valence-electron chi connectivity index (χ3n) is 5.45. The van der Waals surface area contributed by atoms with Gasteiger partial charge in [-0.2, -0.15) is 0 Å². The van der Waals surface area contributed by atoms with Crippen molar-refractivity contribution >= 4 is 16.1 Å². The number of amides is 1. The molecule has 1 saturated heterocycles. The highest BCUT2D eigenvalue weighted by Gasteiger charge is 2.37. The number of carbonyl (C=O) groups is 1. The predicted octanol–water partition coefficient (Wildman–Crippen LogP) is 4.00. The van der Waals surface area contributed by atoms with Crippen LogP contribution in [0.3, 0.4) is 0 Å². The van der Waals surface area contributed by atoms with Crippen molar-refractivity contribution in [3.63, 3.8) is 0 Å². The molecule has 1 aromatic carbocycles. The van der Waals surface area contributed by atoms with Gasteiger partial charge in [0.2, 0.25) is 10.0 Å². The van der Waals surface area contributed by atoms with E-state index in [-0.39, 0.29) is 23.9 Å². The van der Waals surface area contributed by atoms with Gasteiger partial charge in [-0.15, -0.1) is 0 Å². The summed E-state index contributed by atoms with van der Waals surface area (Å²) in [5.41, 5.74) is 2.66. The second kappa shape index (κ2) is 10.9. The molecule has 0 saturated carbocycles. The van der Waals surface area contributed by atoms with Crippen molar-refractivity contribution in [3.8, 4) is 11.3 Å². The summed E-state index contributed by atoms with van der Waals surface area (Å²) in [6, 6.07) is 14.9. The van der Waals surface area contributed by atoms with E-state index in [9.17, 15) is 13.2 Å². The number of ether oxygens (including phenoxy) is 1. The van der Waals surface area contributed by atoms with E-state index in [0.29, 0.717) is 32.2 Å². The molecule has 0 unspecified atom stereocenters. The Hall–Kier alpha value is -2.45. The Bertz CT molecular complexity index is 995. The van der Waals surface area contributed by atoms with Crippen molar-refractivity contribution in [2.45, 2.75) is 64.6 Å². The molecule has 1 N–H and O–H groups in total. The lowest BCUT2D eigenvalue weighted by molar-refractivity contribution is 0.0459. The summed E-state index contributed by atoms with van der Waals surface area (Å²) in [4.78, 5) is 19.3. The molecule has 2 heterocycles. The van der Waals surface area contributed by atoms with Crippen molar-refractivity contribution in [3.05, 3.63) is 54.2 Å². The molecule has 8 heteroatoms. The third kappa shape index (κ3) is 6.53. The molecule has 32 heavy (non-hydrogen) atoms. The Labute approximate surface area is 191 Å². The minimum atomic E-state index is -3.43. The van der Waals surface area contributed by atoms with Gasteiger partial charge in [0.05, 0.1) is 23.6 Å². The molecule has 7 nitrogen and oxygen atoms in total. The third-order valence-corrected chi connectivity index (χ3v) is 7.06. The van der Waals surface area contributed by atoms with E-state index in [4.69, 9.17) is 9.72 Å². The van der Waals surface area contributed by atoms with Crippen LogP contribution in [0.4, 0.5) is 4.79 Å². The molecule has 3 rings (SSSR count). The van der Waals surface area contributed by atoms with E-state index in [2.05, 4.69) is 4.72 Å². The van der Waals surface area contributed by atoms with Crippen LogP contribution in [0.2, 0.25) is 0 Å². The van der Waals surface area contributed by atoms with Crippen molar-refractivity contribution < 1.29 is 17.9 Å². The smallest absolute Gasteiger partial charge is 0.410 e. The number of carbonyl (C=O) groups excluding carboxylic acids is 1. The number of piperidine rings is 1. The van der Waals surface area contributed by atoms with E-state index in [0.717, 1.165) is 17.0 Å². The minimum Gasteiger partial charge on any atom is -0.447 e. The summed E-state index contributed by atoms with van der Waals surface area (Å²) >= 11 is 0. The first kappa shape index (κ1) is 24.2. The number of benzene rings is 1. The fraction of sp³-hybridized carbons (Fsp3) is 0.500. The zero-order chi connectivity index (χ0) is 23.1. The molecule has 1 amide bonds. The summed E-state index contributed by atoms with van der Waals surface area (Å²) in [6.45, 7) is 5.98. The molecule has 2 aromatic rings. The van der Waals surface area contributed by atoms with Gasteiger partial charge in [0.1, 0.15) is 0 Å². The van der Waals surface area contributed by atoms with Gasteiger partial charge in [0.25, 0.3) is 0 Å². The lowest BCUT2D eigenvalue weighted by atomic mass is 9.93. The molecule has 0 aliphatic carbocycles. The lowest BCUT2D eigenvalue weighted by Gasteiger charge is -2.41. The summed E-state index contributed by atoms with van der Waals surface area (Å²) in [5, 5.41) is 0. The van der Waals surface area contributed by atoms with Crippen LogP contribution in [0.1, 0.15) is 45.7 Å². The average molecular weight is 460 g/mol. The van der Waals surface area contributed by atoms with Crippen LogP contribution < -0.4 is 4.72 Å². The normalized spacial score (nSPS) is 19.2. The molecule has 1 aromatic heterocycles. The SMILES string of the molecule is CCCS(=O)(=O)N[C@@H]1CCCN(C(=O)OC(C)C)[C@@H]1Cc1cccc(-c2ccccc2)n1. The van der Waals surface area contributed by atoms with Crippen molar-refractivity contribution in [2.75, 3.05) is 12.3 Å². The van der Waals surface area contributed by atoms with Gasteiger partial charge in [0, 0.05) is 30.3 Å². The molecular weight excluding hydrogens is 426 g/mol. The number of nitrogens with zero attached hydrogens (tertiary/aromatic N) is 2. The first-order valence-electron chi connectivity index (χ1n) is 11.3. The Morgan fingerprint density at radius 2 is 1.94 bits per heavy atom. The van der Waals surface area contributed by atoms with Gasteiger partial charge < -0.3 is 9.64 Å². The highest BCUT2D eigenvalue weighted by molar-refractivity contribution is 7.89. The molecule has 1 aliphatic rings. The van der Waals surface area contributed by atoms with Crippen molar-refractivity contribution in [2.24, 2.45) is 0 Å². The first-order valence-corrected chi connectivity index (χ1v) is 12.9. The van der Waals surface area contributed by atoms with Crippen molar-refractivity contribution in [1.29, 1.82) is 0 Å². The Balaban J connectivity index is 1.89. The number of nitrogens with one attached hydrogen (secondary N) is 1. The second-order valence-electron chi connectivity index (χ2n) is 8.46. The molecule has 174 valence electrons. The number of hydrogen-bond donors (Lipinski definition) is 1. The monoisotopic (exact) mass is 459 g/mol. The maximum atomic E-state index is 12.8. The largest absolute Gasteiger partial charge is 0.447 e. The van der Waals surface area contributed by atoms with Gasteiger partial charge in [-0.3, -0.25) is 4.98 Å². The van der Waals surface area contributed by atoms with Crippen LogP contribution in [0, 0.1) is 0 Å². The number of pyridine rings is 1. The Kier molecular flexibility index (Phi) is 8.26. The van der Waals surface area contributed by atoms with Gasteiger partial charge >= 0.3 is 6.09 Å². The van der Waals surface area contributed by atoms with Crippen LogP contribution in [0.5, 0.6) is 0 Å². The predicted molar refractivity (Wildman–Crippen MR) is 126 cm³/mol. The Morgan fingerprint density at radius 1 is 1.19 bits per heavy atom. The average Bonchev–Trinajstić information content (AvgIpc) is 2.75. The second-order valence-corrected chi connectivity index (χ2v) is 10.3. The fourth-order valence-electron chi connectivity index (χ4n) is 4.08. The number of sulfonamides is 1. The molecule has 0 radical (unpaired) electrons. The lowest BCUT2D eigenvalue weighted by Crippen LogP contribution is -2.58. The van der Waals surface area contributed by atoms with Crippen LogP contribution in [0.25, 0.3) is 11.3 Å². The maximum Gasteiger partial charge on any atom is 0.410 e. The summed E-state index contributed by atoms with van der Waals surface area (Å²) < 4.78 is 33.4. The maximum absolute atomic E-state index is 12.8. The van der Waals surface area contributed by atoms with Crippen LogP contribution >= 0.6 is 0 Å². The first-order chi connectivity index (χ1) is 15.3. The number of rotatable bonds is 8. The van der Waals surface area contributed by atoms with E-state index < -0.39 is 16.1 Å². The number of hydrogen-bond acceptors (Lipinski definition) is 5. The Morgan fingerprint density at radius 3 is 2.62 bits per heavy atom. The van der Waals surface area contributed by atoms with E-state index in [1.807, 2.05) is 69.3 Å². The standard InChI is InChI=1S/C24H33N3O4S/c1-4-16-32(29,30)26-22-14-9-15-27(24(28)31-18(2)3)23(22)17-20-12-8-13-21(25-20)19-10-6-5-7-11-19/h5-8,10-13,18,22-23,26H,4,9,14-17H2,1-3H3/t22-,23-/m1/s1. The molecule has 0 bridgehead atoms. The van der Waals surface area contributed by atoms with Gasteiger partial charge in [0.15, 0.2) is 0 Å². The highest BCUT2D eigenvalue weighted by atomic mass is 32.2. The van der Waals surface area contributed by atoms with E-state index in [1.54, 1.807) is 4.90 Å². The number of likely N-dealkylation sites (tertiary alicyclic amines) is 1. The van der Waals surface area contributed by atoms with Gasteiger partial charge in [-0.1, -0.05) is 43.3 Å². The van der Waals surface area contributed by atoms with Gasteiger partial charge in [-0.05, 0) is 45.2 Å².